The minimum atomic E-state index is -0.408. The van der Waals surface area contributed by atoms with Crippen LogP contribution in [0.5, 0.6) is 5.75 Å². The summed E-state index contributed by atoms with van der Waals surface area (Å²) in [5, 5.41) is 1.13. The third kappa shape index (κ3) is 2.54. The second-order valence-electron chi connectivity index (χ2n) is 3.47. The zero-order chi connectivity index (χ0) is 12.4. The maximum atomic E-state index is 13.3. The molecule has 0 aliphatic rings. The topological polar surface area (TPSA) is 9.23 Å². The Balaban J connectivity index is 2.56. The highest BCUT2D eigenvalue weighted by Crippen LogP contribution is 2.33. The van der Waals surface area contributed by atoms with E-state index in [0.29, 0.717) is 10.0 Å². The summed E-state index contributed by atoms with van der Waals surface area (Å²) in [6.07, 6.45) is 0. The van der Waals surface area contributed by atoms with Gasteiger partial charge in [0.15, 0.2) is 11.6 Å². The first kappa shape index (κ1) is 12.2. The average Bonchev–Trinajstić information content (AvgIpc) is 2.33. The zero-order valence-corrected chi connectivity index (χ0v) is 10.5. The molecule has 0 bridgehead atoms. The van der Waals surface area contributed by atoms with Crippen LogP contribution in [0.25, 0.3) is 11.1 Å². The number of methoxy groups -OCH3 is 1. The van der Waals surface area contributed by atoms with Crippen LogP contribution in [0.4, 0.5) is 4.39 Å². The maximum Gasteiger partial charge on any atom is 0.165 e. The second-order valence-corrected chi connectivity index (χ2v) is 4.32. The molecule has 0 radical (unpaired) electrons. The van der Waals surface area contributed by atoms with E-state index >= 15 is 0 Å². The van der Waals surface area contributed by atoms with E-state index in [4.69, 9.17) is 27.9 Å². The van der Waals surface area contributed by atoms with E-state index in [1.165, 1.54) is 13.2 Å². The lowest BCUT2D eigenvalue weighted by Gasteiger charge is -2.08. The van der Waals surface area contributed by atoms with Crippen molar-refractivity contribution in [2.45, 2.75) is 0 Å². The first-order chi connectivity index (χ1) is 8.11. The molecule has 0 unspecified atom stereocenters. The second kappa shape index (κ2) is 4.94. The Morgan fingerprint density at radius 3 is 2.53 bits per heavy atom. The smallest absolute Gasteiger partial charge is 0.165 e. The summed E-state index contributed by atoms with van der Waals surface area (Å²) < 4.78 is 18.2. The third-order valence-corrected chi connectivity index (χ3v) is 2.96. The highest BCUT2D eigenvalue weighted by atomic mass is 35.5. The van der Waals surface area contributed by atoms with Crippen molar-refractivity contribution in [3.63, 3.8) is 0 Å². The van der Waals surface area contributed by atoms with Crippen molar-refractivity contribution in [2.75, 3.05) is 7.11 Å². The van der Waals surface area contributed by atoms with Gasteiger partial charge in [0.1, 0.15) is 0 Å². The molecule has 0 fully saturated rings. The summed E-state index contributed by atoms with van der Waals surface area (Å²) in [5.41, 5.74) is 1.51. The van der Waals surface area contributed by atoms with Crippen LogP contribution < -0.4 is 4.74 Å². The van der Waals surface area contributed by atoms with E-state index in [2.05, 4.69) is 0 Å². The van der Waals surface area contributed by atoms with Gasteiger partial charge in [0.25, 0.3) is 0 Å². The number of ether oxygens (including phenoxy) is 1. The molecule has 0 heterocycles. The molecule has 0 spiro atoms. The largest absolute Gasteiger partial charge is 0.494 e. The third-order valence-electron chi connectivity index (χ3n) is 2.39. The van der Waals surface area contributed by atoms with E-state index in [1.54, 1.807) is 30.3 Å². The standard InChI is InChI=1S/C13H9Cl2FO/c1-17-13-6-8(2-5-12(13)16)10-7-9(14)3-4-11(10)15/h2-7H,1H3. The van der Waals surface area contributed by atoms with Crippen LogP contribution in [-0.2, 0) is 0 Å². The lowest BCUT2D eigenvalue weighted by atomic mass is 10.1. The van der Waals surface area contributed by atoms with Gasteiger partial charge in [-0.15, -0.1) is 0 Å². The summed E-state index contributed by atoms with van der Waals surface area (Å²) >= 11 is 12.0. The van der Waals surface area contributed by atoms with E-state index in [1.807, 2.05) is 0 Å². The molecule has 88 valence electrons. The van der Waals surface area contributed by atoms with Crippen molar-refractivity contribution in [1.82, 2.24) is 0 Å². The molecule has 0 saturated carbocycles. The number of hydrogen-bond donors (Lipinski definition) is 0. The fraction of sp³-hybridized carbons (Fsp3) is 0.0769. The van der Waals surface area contributed by atoms with Crippen molar-refractivity contribution in [2.24, 2.45) is 0 Å². The zero-order valence-electron chi connectivity index (χ0n) is 9.01. The molecule has 2 aromatic rings. The lowest BCUT2D eigenvalue weighted by molar-refractivity contribution is 0.387. The molecule has 0 aromatic heterocycles. The maximum absolute atomic E-state index is 13.3. The Labute approximate surface area is 109 Å². The van der Waals surface area contributed by atoms with Gasteiger partial charge < -0.3 is 4.74 Å². The van der Waals surface area contributed by atoms with Crippen molar-refractivity contribution in [3.8, 4) is 16.9 Å². The van der Waals surface area contributed by atoms with Crippen LogP contribution in [0, 0.1) is 5.82 Å². The average molecular weight is 271 g/mol. The molecule has 2 aromatic carbocycles. The molecule has 0 amide bonds. The summed E-state index contributed by atoms with van der Waals surface area (Å²) in [6, 6.07) is 9.70. The van der Waals surface area contributed by atoms with Gasteiger partial charge in [-0.3, -0.25) is 0 Å². The summed E-state index contributed by atoms with van der Waals surface area (Å²) in [6.45, 7) is 0. The minimum absolute atomic E-state index is 0.179. The molecular weight excluding hydrogens is 262 g/mol. The minimum Gasteiger partial charge on any atom is -0.494 e. The molecule has 2 rings (SSSR count). The Morgan fingerprint density at radius 2 is 1.82 bits per heavy atom. The first-order valence-electron chi connectivity index (χ1n) is 4.91. The number of benzene rings is 2. The predicted octanol–water partition coefficient (Wildman–Crippen LogP) is 4.81. The van der Waals surface area contributed by atoms with Gasteiger partial charge in [-0.1, -0.05) is 29.3 Å². The van der Waals surface area contributed by atoms with E-state index in [0.717, 1.165) is 11.1 Å². The Morgan fingerprint density at radius 1 is 1.06 bits per heavy atom. The summed E-state index contributed by atoms with van der Waals surface area (Å²) in [7, 11) is 1.42. The monoisotopic (exact) mass is 270 g/mol. The van der Waals surface area contributed by atoms with Crippen molar-refractivity contribution >= 4 is 23.2 Å². The molecule has 4 heteroatoms. The quantitative estimate of drug-likeness (QED) is 0.761. The van der Waals surface area contributed by atoms with Crippen LogP contribution in [0.3, 0.4) is 0 Å². The van der Waals surface area contributed by atoms with Gasteiger partial charge in [0.05, 0.1) is 7.11 Å². The van der Waals surface area contributed by atoms with E-state index in [-0.39, 0.29) is 5.75 Å². The fourth-order valence-electron chi connectivity index (χ4n) is 1.55. The van der Waals surface area contributed by atoms with Gasteiger partial charge >= 0.3 is 0 Å². The Kier molecular flexibility index (Phi) is 3.55. The normalized spacial score (nSPS) is 10.4. The SMILES string of the molecule is COc1cc(-c2cc(Cl)ccc2Cl)ccc1F. The lowest BCUT2D eigenvalue weighted by Crippen LogP contribution is -1.89. The van der Waals surface area contributed by atoms with Gasteiger partial charge in [-0.2, -0.15) is 0 Å². The van der Waals surface area contributed by atoms with Crippen LogP contribution in [-0.4, -0.2) is 7.11 Å². The first-order valence-corrected chi connectivity index (χ1v) is 5.66. The van der Waals surface area contributed by atoms with E-state index < -0.39 is 5.82 Å². The van der Waals surface area contributed by atoms with Crippen molar-refractivity contribution in [3.05, 3.63) is 52.3 Å². The molecule has 0 aliphatic heterocycles. The van der Waals surface area contributed by atoms with Gasteiger partial charge in [-0.25, -0.2) is 4.39 Å². The van der Waals surface area contributed by atoms with Crippen LogP contribution in [0.1, 0.15) is 0 Å². The van der Waals surface area contributed by atoms with Gasteiger partial charge in [0.2, 0.25) is 0 Å². The van der Waals surface area contributed by atoms with Crippen LogP contribution in [0.2, 0.25) is 10.0 Å². The molecule has 0 aliphatic carbocycles. The highest BCUT2D eigenvalue weighted by molar-refractivity contribution is 6.35. The van der Waals surface area contributed by atoms with Crippen molar-refractivity contribution in [1.29, 1.82) is 0 Å². The van der Waals surface area contributed by atoms with Gasteiger partial charge in [0, 0.05) is 15.6 Å². The Hall–Kier alpha value is -1.25. The molecule has 0 N–H and O–H groups in total. The molecular formula is C13H9Cl2FO. The molecule has 0 atom stereocenters. The number of hydrogen-bond acceptors (Lipinski definition) is 1. The Bertz CT molecular complexity index is 555. The van der Waals surface area contributed by atoms with Gasteiger partial charge in [-0.05, 0) is 35.9 Å². The molecule has 17 heavy (non-hydrogen) atoms. The fourth-order valence-corrected chi connectivity index (χ4v) is 1.94. The highest BCUT2D eigenvalue weighted by Gasteiger charge is 2.08. The predicted molar refractivity (Wildman–Crippen MR) is 68.4 cm³/mol. The van der Waals surface area contributed by atoms with Crippen molar-refractivity contribution < 1.29 is 9.13 Å². The molecule has 1 nitrogen and oxygen atoms in total. The number of halogens is 3. The summed E-state index contributed by atoms with van der Waals surface area (Å²) in [5.74, 6) is -0.229. The molecule has 0 saturated heterocycles. The summed E-state index contributed by atoms with van der Waals surface area (Å²) in [4.78, 5) is 0. The van der Waals surface area contributed by atoms with Crippen LogP contribution in [0.15, 0.2) is 36.4 Å². The van der Waals surface area contributed by atoms with Crippen LogP contribution >= 0.6 is 23.2 Å². The van der Waals surface area contributed by atoms with E-state index in [9.17, 15) is 4.39 Å². The number of rotatable bonds is 2.